The third-order valence-corrected chi connectivity index (χ3v) is 6.43. The fraction of sp³-hybridized carbons (Fsp3) is 0. The average molecular weight is 338 g/mol. The van der Waals surface area contributed by atoms with Gasteiger partial charge in [-0.05, 0) is 54.2 Å². The van der Waals surface area contributed by atoms with E-state index in [2.05, 4.69) is 68.3 Å². The van der Waals surface area contributed by atoms with Crippen LogP contribution in [0, 0.1) is 0 Å². The first-order valence-corrected chi connectivity index (χ1v) is 7.20. The van der Waals surface area contributed by atoms with E-state index >= 15 is 0 Å². The Morgan fingerprint density at radius 1 is 0.867 bits per heavy atom. The Bertz CT molecular complexity index is 549. The molecule has 0 aliphatic carbocycles. The number of halogens is 2. The van der Waals surface area contributed by atoms with E-state index in [-0.39, 0.29) is 0 Å². The highest BCUT2D eigenvalue weighted by Gasteiger charge is 2.21. The van der Waals surface area contributed by atoms with Gasteiger partial charge in [-0.1, -0.05) is 35.5 Å². The van der Waals surface area contributed by atoms with E-state index in [1.807, 2.05) is 0 Å². The molecule has 1 aliphatic rings. The predicted octanol–water partition coefficient (Wildman–Crippen LogP) is 2.85. The normalized spacial score (nSPS) is 12.4. The second-order valence-corrected chi connectivity index (χ2v) is 6.39. The molecule has 0 N–H and O–H groups in total. The topological polar surface area (TPSA) is 0 Å². The number of hydrogen-bond donors (Lipinski definition) is 0. The molecule has 0 atom stereocenters. The fourth-order valence-electron chi connectivity index (χ4n) is 1.86. The van der Waals surface area contributed by atoms with Crippen molar-refractivity contribution in [3.63, 3.8) is 0 Å². The Hall–Kier alpha value is -0.383. The maximum atomic E-state index is 3.65. The number of benzene rings is 2. The summed E-state index contributed by atoms with van der Waals surface area (Å²) in [7, 11) is 0.769. The van der Waals surface area contributed by atoms with Gasteiger partial charge in [-0.2, -0.15) is 0 Å². The van der Waals surface area contributed by atoms with Crippen molar-refractivity contribution in [2.75, 3.05) is 0 Å². The highest BCUT2D eigenvalue weighted by Crippen LogP contribution is 2.28. The van der Waals surface area contributed by atoms with Gasteiger partial charge in [0, 0.05) is 8.95 Å². The first kappa shape index (κ1) is 9.82. The predicted molar refractivity (Wildman–Crippen MR) is 72.3 cm³/mol. The Morgan fingerprint density at radius 3 is 2.53 bits per heavy atom. The lowest BCUT2D eigenvalue weighted by atomic mass is 10.1. The molecule has 2 aromatic rings. The molecule has 3 rings (SSSR count). The highest BCUT2D eigenvalue weighted by atomic mass is 79.9. The van der Waals surface area contributed by atoms with Crippen LogP contribution in [0.4, 0.5) is 0 Å². The minimum atomic E-state index is 0.769. The molecular formula is C12H6Br2Si. The molecule has 0 fully saturated rings. The van der Waals surface area contributed by atoms with Crippen LogP contribution in [0.25, 0.3) is 11.1 Å². The lowest BCUT2D eigenvalue weighted by Crippen LogP contribution is -2.21. The summed E-state index contributed by atoms with van der Waals surface area (Å²) >= 11 is 7.20. The van der Waals surface area contributed by atoms with Gasteiger partial charge in [0.15, 0.2) is 0 Å². The quantitative estimate of drug-likeness (QED) is 0.553. The molecule has 3 heteroatoms. The molecule has 0 bridgehead atoms. The van der Waals surface area contributed by atoms with Gasteiger partial charge in [-0.25, -0.2) is 0 Å². The minimum absolute atomic E-state index is 0.769. The maximum Gasteiger partial charge on any atom is 0.124 e. The Balaban J connectivity index is 2.31. The van der Waals surface area contributed by atoms with Gasteiger partial charge in [-0.15, -0.1) is 0 Å². The van der Waals surface area contributed by atoms with Crippen molar-refractivity contribution in [2.24, 2.45) is 0 Å². The first-order chi connectivity index (χ1) is 7.27. The molecule has 0 unspecified atom stereocenters. The molecule has 0 spiro atoms. The van der Waals surface area contributed by atoms with Gasteiger partial charge >= 0.3 is 0 Å². The van der Waals surface area contributed by atoms with Gasteiger partial charge in [0.25, 0.3) is 0 Å². The van der Waals surface area contributed by atoms with Gasteiger partial charge in [0.2, 0.25) is 0 Å². The van der Waals surface area contributed by atoms with Crippen LogP contribution >= 0.6 is 31.9 Å². The summed E-state index contributed by atoms with van der Waals surface area (Å²) in [5.74, 6) is 0. The second kappa shape index (κ2) is 3.58. The van der Waals surface area contributed by atoms with Crippen LogP contribution in [0.2, 0.25) is 0 Å². The molecule has 2 aromatic carbocycles. The average Bonchev–Trinajstić information content (AvgIpc) is 2.63. The largest absolute Gasteiger partial charge is 0.124 e. The molecule has 0 saturated carbocycles. The van der Waals surface area contributed by atoms with E-state index in [1.165, 1.54) is 26.0 Å². The fourth-order valence-corrected chi connectivity index (χ4v) is 4.41. The van der Waals surface area contributed by atoms with Crippen molar-refractivity contribution >= 4 is 51.8 Å². The van der Waals surface area contributed by atoms with Gasteiger partial charge < -0.3 is 0 Å². The van der Waals surface area contributed by atoms with Gasteiger partial charge in [-0.3, -0.25) is 0 Å². The third kappa shape index (κ3) is 1.45. The minimum Gasteiger partial charge on any atom is -0.0625 e. The molecule has 0 saturated heterocycles. The monoisotopic (exact) mass is 336 g/mol. The second-order valence-electron chi connectivity index (χ2n) is 3.45. The van der Waals surface area contributed by atoms with Crippen LogP contribution in [0.15, 0.2) is 45.3 Å². The van der Waals surface area contributed by atoms with E-state index < -0.39 is 0 Å². The van der Waals surface area contributed by atoms with Crippen molar-refractivity contribution in [1.82, 2.24) is 0 Å². The van der Waals surface area contributed by atoms with E-state index in [4.69, 9.17) is 0 Å². The Labute approximate surface area is 108 Å². The van der Waals surface area contributed by atoms with Crippen LogP contribution in [0.5, 0.6) is 0 Å². The van der Waals surface area contributed by atoms with Crippen molar-refractivity contribution in [3.8, 4) is 11.1 Å². The van der Waals surface area contributed by atoms with Crippen LogP contribution in [0.3, 0.4) is 0 Å². The van der Waals surface area contributed by atoms with Crippen LogP contribution in [-0.2, 0) is 0 Å². The summed E-state index contributed by atoms with van der Waals surface area (Å²) < 4.78 is 2.34. The molecule has 0 aromatic heterocycles. The van der Waals surface area contributed by atoms with E-state index in [0.29, 0.717) is 0 Å². The van der Waals surface area contributed by atoms with Gasteiger partial charge in [0.1, 0.15) is 9.52 Å². The Kier molecular flexibility index (Phi) is 2.34. The Morgan fingerprint density at radius 2 is 1.67 bits per heavy atom. The summed E-state index contributed by atoms with van der Waals surface area (Å²) in [5, 5.41) is 2.87. The zero-order valence-electron chi connectivity index (χ0n) is 7.72. The zero-order valence-corrected chi connectivity index (χ0v) is 11.9. The molecule has 2 radical (unpaired) electrons. The van der Waals surface area contributed by atoms with Crippen molar-refractivity contribution in [3.05, 3.63) is 45.3 Å². The third-order valence-electron chi connectivity index (χ3n) is 2.57. The summed E-state index contributed by atoms with van der Waals surface area (Å²) in [6.45, 7) is 0. The van der Waals surface area contributed by atoms with E-state index in [9.17, 15) is 0 Å². The highest BCUT2D eigenvalue weighted by molar-refractivity contribution is 9.13. The standard InChI is InChI=1S/C12H6Br2Si/c13-9-6-5-8-7-3-1-2-4-10(7)15-12(8)11(9)14/h1-6H. The zero-order chi connectivity index (χ0) is 10.4. The summed E-state index contributed by atoms with van der Waals surface area (Å²) in [6, 6.07) is 12.9. The molecule has 72 valence electrons. The molecule has 1 aliphatic heterocycles. The SMILES string of the molecule is Brc1ccc2c(c1Br)[Si]c1ccccc1-2. The van der Waals surface area contributed by atoms with E-state index in [0.717, 1.165) is 14.0 Å². The molecule has 15 heavy (non-hydrogen) atoms. The number of rotatable bonds is 0. The number of fused-ring (bicyclic) bond motifs is 3. The summed E-state index contributed by atoms with van der Waals surface area (Å²) in [4.78, 5) is 0. The number of hydrogen-bond acceptors (Lipinski definition) is 0. The smallest absolute Gasteiger partial charge is 0.0625 e. The summed E-state index contributed by atoms with van der Waals surface area (Å²) in [5.41, 5.74) is 2.76. The van der Waals surface area contributed by atoms with Crippen molar-refractivity contribution in [1.29, 1.82) is 0 Å². The van der Waals surface area contributed by atoms with Crippen molar-refractivity contribution in [2.45, 2.75) is 0 Å². The van der Waals surface area contributed by atoms with Crippen molar-refractivity contribution < 1.29 is 0 Å². The molecule has 0 amide bonds. The molecular weight excluding hydrogens is 332 g/mol. The lowest BCUT2D eigenvalue weighted by molar-refractivity contribution is 1.63. The lowest BCUT2D eigenvalue weighted by Gasteiger charge is -2.04. The van der Waals surface area contributed by atoms with Crippen LogP contribution in [0.1, 0.15) is 0 Å². The van der Waals surface area contributed by atoms with E-state index in [1.54, 1.807) is 0 Å². The molecule has 1 heterocycles. The summed E-state index contributed by atoms with van der Waals surface area (Å²) in [6.07, 6.45) is 0. The van der Waals surface area contributed by atoms with Crippen LogP contribution in [-0.4, -0.2) is 9.52 Å². The van der Waals surface area contributed by atoms with Gasteiger partial charge in [0.05, 0.1) is 0 Å². The maximum absolute atomic E-state index is 3.65. The van der Waals surface area contributed by atoms with Crippen LogP contribution < -0.4 is 10.4 Å². The molecule has 0 nitrogen and oxygen atoms in total. The first-order valence-electron chi connectivity index (χ1n) is 4.62.